The van der Waals surface area contributed by atoms with E-state index in [1.54, 1.807) is 18.2 Å². The van der Waals surface area contributed by atoms with E-state index in [2.05, 4.69) is 17.1 Å². The number of rotatable bonds is 6. The molecule has 0 aliphatic rings. The third kappa shape index (κ3) is 5.29. The molecule has 0 aromatic heterocycles. The van der Waals surface area contributed by atoms with Crippen LogP contribution in [0.25, 0.3) is 0 Å². The molecule has 0 fully saturated rings. The average molecular weight is 323 g/mol. The summed E-state index contributed by atoms with van der Waals surface area (Å²) < 4.78 is 5.51. The van der Waals surface area contributed by atoms with Crippen LogP contribution in [0.5, 0.6) is 5.75 Å². The van der Waals surface area contributed by atoms with Gasteiger partial charge in [-0.15, -0.1) is 0 Å². The summed E-state index contributed by atoms with van der Waals surface area (Å²) in [6.07, 6.45) is 0.847. The molecule has 0 saturated carbocycles. The van der Waals surface area contributed by atoms with Gasteiger partial charge in [-0.1, -0.05) is 53.5 Å². The Bertz CT molecular complexity index is 615. The number of ether oxygens (including phenoxy) is 1. The van der Waals surface area contributed by atoms with Crippen LogP contribution in [0, 0.1) is 0 Å². The molecule has 3 nitrogen and oxygen atoms in total. The molecule has 0 amide bonds. The Morgan fingerprint density at radius 2 is 1.86 bits per heavy atom. The van der Waals surface area contributed by atoms with Gasteiger partial charge >= 0.3 is 0 Å². The Kier molecular flexibility index (Phi) is 5.90. The van der Waals surface area contributed by atoms with Crippen molar-refractivity contribution in [3.8, 4) is 5.75 Å². The molecule has 5 heteroatoms. The van der Waals surface area contributed by atoms with Gasteiger partial charge in [0, 0.05) is 17.6 Å². The molecule has 0 radical (unpaired) electrons. The maximum Gasteiger partial charge on any atom is 0.145 e. The van der Waals surface area contributed by atoms with Gasteiger partial charge in [0.15, 0.2) is 0 Å². The van der Waals surface area contributed by atoms with Crippen LogP contribution in [0.2, 0.25) is 10.0 Å². The van der Waals surface area contributed by atoms with E-state index < -0.39 is 0 Å². The summed E-state index contributed by atoms with van der Waals surface area (Å²) >= 11 is 11.9. The second-order valence-corrected chi connectivity index (χ2v) is 5.32. The van der Waals surface area contributed by atoms with E-state index in [-0.39, 0.29) is 6.61 Å². The molecule has 0 atom stereocenters. The van der Waals surface area contributed by atoms with Crippen molar-refractivity contribution < 1.29 is 4.74 Å². The summed E-state index contributed by atoms with van der Waals surface area (Å²) in [7, 11) is 0. The van der Waals surface area contributed by atoms with Crippen LogP contribution in [0.15, 0.2) is 53.5 Å². The molecule has 0 aliphatic heterocycles. The standard InChI is InChI=1S/C16H16Cl2N2O/c17-13-6-7-14(18)15(10-13)21-11-16(19)20-9-8-12-4-2-1-3-5-12/h1-7,10H,8-9,11H2,(H2,19,20). The smallest absolute Gasteiger partial charge is 0.145 e. The summed E-state index contributed by atoms with van der Waals surface area (Å²) in [6.45, 7) is 0.817. The summed E-state index contributed by atoms with van der Waals surface area (Å²) in [5.41, 5.74) is 7.05. The van der Waals surface area contributed by atoms with Gasteiger partial charge in [-0.3, -0.25) is 4.99 Å². The number of halogens is 2. The zero-order chi connectivity index (χ0) is 15.1. The van der Waals surface area contributed by atoms with Crippen LogP contribution in [-0.4, -0.2) is 19.0 Å². The van der Waals surface area contributed by atoms with Crippen LogP contribution in [-0.2, 0) is 6.42 Å². The van der Waals surface area contributed by atoms with Crippen molar-refractivity contribution in [2.24, 2.45) is 10.7 Å². The molecule has 0 saturated heterocycles. The van der Waals surface area contributed by atoms with Crippen molar-refractivity contribution in [2.45, 2.75) is 6.42 Å². The van der Waals surface area contributed by atoms with E-state index in [0.29, 0.717) is 28.2 Å². The van der Waals surface area contributed by atoms with Gasteiger partial charge in [0.05, 0.1) is 5.02 Å². The van der Waals surface area contributed by atoms with Crippen LogP contribution < -0.4 is 10.5 Å². The SMILES string of the molecule is NC(COc1cc(Cl)ccc1Cl)=NCCc1ccccc1. The molecule has 0 aliphatic carbocycles. The molecule has 21 heavy (non-hydrogen) atoms. The second kappa shape index (κ2) is 7.91. The predicted octanol–water partition coefficient (Wildman–Crippen LogP) is 3.97. The fraction of sp³-hybridized carbons (Fsp3) is 0.188. The topological polar surface area (TPSA) is 47.6 Å². The van der Waals surface area contributed by atoms with Gasteiger partial charge < -0.3 is 10.5 Å². The Morgan fingerprint density at radius 1 is 1.10 bits per heavy atom. The number of nitrogens with two attached hydrogens (primary N) is 1. The van der Waals surface area contributed by atoms with E-state index in [1.165, 1.54) is 5.56 Å². The molecule has 0 unspecified atom stereocenters. The van der Waals surface area contributed by atoms with Gasteiger partial charge in [-0.25, -0.2) is 0 Å². The van der Waals surface area contributed by atoms with E-state index >= 15 is 0 Å². The predicted molar refractivity (Wildman–Crippen MR) is 88.6 cm³/mol. The van der Waals surface area contributed by atoms with Crippen molar-refractivity contribution in [2.75, 3.05) is 13.2 Å². The first-order valence-corrected chi connectivity index (χ1v) is 7.31. The summed E-state index contributed by atoms with van der Waals surface area (Å²) in [5, 5.41) is 1.06. The molecule has 2 N–H and O–H groups in total. The molecule has 2 rings (SSSR count). The number of aliphatic imine (C=N–C) groups is 1. The Balaban J connectivity index is 1.82. The zero-order valence-corrected chi connectivity index (χ0v) is 12.9. The van der Waals surface area contributed by atoms with E-state index in [4.69, 9.17) is 33.7 Å². The normalized spacial score (nSPS) is 11.4. The summed E-state index contributed by atoms with van der Waals surface area (Å²) in [5.74, 6) is 0.937. The fourth-order valence-electron chi connectivity index (χ4n) is 1.76. The van der Waals surface area contributed by atoms with Gasteiger partial charge in [-0.2, -0.15) is 0 Å². The third-order valence-corrected chi connectivity index (χ3v) is 3.37. The van der Waals surface area contributed by atoms with Crippen molar-refractivity contribution in [3.05, 3.63) is 64.1 Å². The highest BCUT2D eigenvalue weighted by Gasteiger charge is 2.03. The third-order valence-electron chi connectivity index (χ3n) is 2.83. The lowest BCUT2D eigenvalue weighted by atomic mass is 10.2. The van der Waals surface area contributed by atoms with Crippen LogP contribution >= 0.6 is 23.2 Å². The van der Waals surface area contributed by atoms with Gasteiger partial charge in [-0.05, 0) is 24.1 Å². The lowest BCUT2D eigenvalue weighted by Crippen LogP contribution is -2.21. The monoisotopic (exact) mass is 322 g/mol. The number of benzene rings is 2. The van der Waals surface area contributed by atoms with E-state index in [1.807, 2.05) is 18.2 Å². The number of amidine groups is 1. The second-order valence-electron chi connectivity index (χ2n) is 4.47. The molecule has 110 valence electrons. The average Bonchev–Trinajstić information content (AvgIpc) is 2.49. The minimum atomic E-state index is 0.189. The lowest BCUT2D eigenvalue weighted by Gasteiger charge is -2.08. The number of hydrogen-bond acceptors (Lipinski definition) is 2. The lowest BCUT2D eigenvalue weighted by molar-refractivity contribution is 0.375. The highest BCUT2D eigenvalue weighted by molar-refractivity contribution is 6.34. The van der Waals surface area contributed by atoms with Gasteiger partial charge in [0.25, 0.3) is 0 Å². The van der Waals surface area contributed by atoms with Crippen molar-refractivity contribution in [3.63, 3.8) is 0 Å². The number of nitrogens with zero attached hydrogens (tertiary/aromatic N) is 1. The van der Waals surface area contributed by atoms with Crippen LogP contribution in [0.1, 0.15) is 5.56 Å². The maximum absolute atomic E-state index is 6.00. The molecular weight excluding hydrogens is 307 g/mol. The Labute approximate surface area is 134 Å². The Morgan fingerprint density at radius 3 is 2.62 bits per heavy atom. The zero-order valence-electron chi connectivity index (χ0n) is 11.4. The molecule has 2 aromatic carbocycles. The quantitative estimate of drug-likeness (QED) is 0.646. The fourth-order valence-corrected chi connectivity index (χ4v) is 2.09. The minimum absolute atomic E-state index is 0.189. The minimum Gasteiger partial charge on any atom is -0.484 e. The highest BCUT2D eigenvalue weighted by atomic mass is 35.5. The van der Waals surface area contributed by atoms with Gasteiger partial charge in [0.1, 0.15) is 18.2 Å². The van der Waals surface area contributed by atoms with Gasteiger partial charge in [0.2, 0.25) is 0 Å². The van der Waals surface area contributed by atoms with Crippen molar-refractivity contribution >= 4 is 29.0 Å². The maximum atomic E-state index is 6.00. The number of hydrogen-bond donors (Lipinski definition) is 1. The molecule has 0 spiro atoms. The first-order chi connectivity index (χ1) is 10.1. The molecule has 2 aromatic rings. The molecular formula is C16H16Cl2N2O. The van der Waals surface area contributed by atoms with Crippen molar-refractivity contribution in [1.29, 1.82) is 0 Å². The summed E-state index contributed by atoms with van der Waals surface area (Å²) in [6, 6.07) is 15.2. The first kappa shape index (κ1) is 15.7. The van der Waals surface area contributed by atoms with E-state index in [0.717, 1.165) is 6.42 Å². The summed E-state index contributed by atoms with van der Waals surface area (Å²) in [4.78, 5) is 4.28. The van der Waals surface area contributed by atoms with Crippen LogP contribution in [0.4, 0.5) is 0 Å². The largest absolute Gasteiger partial charge is 0.484 e. The van der Waals surface area contributed by atoms with E-state index in [9.17, 15) is 0 Å². The highest BCUT2D eigenvalue weighted by Crippen LogP contribution is 2.27. The van der Waals surface area contributed by atoms with Crippen LogP contribution in [0.3, 0.4) is 0 Å². The first-order valence-electron chi connectivity index (χ1n) is 6.56. The molecule has 0 bridgehead atoms. The van der Waals surface area contributed by atoms with Crippen molar-refractivity contribution in [1.82, 2.24) is 0 Å². The Hall–Kier alpha value is -1.71. The molecule has 0 heterocycles.